The van der Waals surface area contributed by atoms with E-state index in [0.717, 1.165) is 32.1 Å². The Morgan fingerprint density at radius 2 is 0.520 bits per heavy atom. The normalized spacial score (nSPS) is 12.9. The number of aliphatic hydroxyl groups is 2. The van der Waals surface area contributed by atoms with Crippen LogP contribution in [-0.4, -0.2) is 34.9 Å². The molecule has 0 aliphatic heterocycles. The second-order valence-corrected chi connectivity index (χ2v) is 23.9. The van der Waals surface area contributed by atoms with Gasteiger partial charge >= 0.3 is 0 Å². The number of amides is 1. The zero-order valence-corrected chi connectivity index (χ0v) is 51.3. The number of unbranched alkanes of at least 4 members (excludes halogenated alkanes) is 54. The highest BCUT2D eigenvalue weighted by atomic mass is 16.3. The average Bonchev–Trinajstić information content (AvgIpc) is 3.41. The first kappa shape index (κ1) is 73.6. The van der Waals surface area contributed by atoms with Gasteiger partial charge in [-0.1, -0.05) is 365 Å². The van der Waals surface area contributed by atoms with Gasteiger partial charge in [0.1, 0.15) is 0 Å². The molecule has 0 aromatic carbocycles. The molecule has 3 N–H and O–H groups in total. The lowest BCUT2D eigenvalue weighted by molar-refractivity contribution is -0.123. The molecule has 0 saturated carbocycles. The van der Waals surface area contributed by atoms with Crippen LogP contribution >= 0.6 is 0 Å². The van der Waals surface area contributed by atoms with Crippen LogP contribution in [0.25, 0.3) is 0 Å². The lowest BCUT2D eigenvalue weighted by Crippen LogP contribution is -2.45. The highest BCUT2D eigenvalue weighted by molar-refractivity contribution is 5.76. The Labute approximate surface area is 472 Å². The zero-order valence-electron chi connectivity index (χ0n) is 51.3. The van der Waals surface area contributed by atoms with E-state index in [2.05, 4.69) is 43.5 Å². The van der Waals surface area contributed by atoms with Crippen LogP contribution in [0.3, 0.4) is 0 Å². The van der Waals surface area contributed by atoms with Crippen molar-refractivity contribution < 1.29 is 15.0 Å². The lowest BCUT2D eigenvalue weighted by Gasteiger charge is -2.19. The highest BCUT2D eigenvalue weighted by Gasteiger charge is 2.18. The maximum absolute atomic E-state index is 12.5. The molecule has 75 heavy (non-hydrogen) atoms. The van der Waals surface area contributed by atoms with Gasteiger partial charge in [-0.3, -0.25) is 4.79 Å². The van der Waals surface area contributed by atoms with E-state index in [0.29, 0.717) is 6.42 Å². The van der Waals surface area contributed by atoms with Crippen LogP contribution in [-0.2, 0) is 4.79 Å². The molecule has 0 saturated heterocycles. The minimum atomic E-state index is -0.862. The van der Waals surface area contributed by atoms with E-state index in [9.17, 15) is 15.0 Å². The maximum atomic E-state index is 12.5. The van der Waals surface area contributed by atoms with Crippen molar-refractivity contribution in [2.24, 2.45) is 0 Å². The van der Waals surface area contributed by atoms with Gasteiger partial charge in [-0.05, 0) is 57.8 Å². The fourth-order valence-corrected chi connectivity index (χ4v) is 11.1. The second kappa shape index (κ2) is 66.9. The molecule has 444 valence electrons. The fourth-order valence-electron chi connectivity index (χ4n) is 11.1. The summed E-state index contributed by atoms with van der Waals surface area (Å²) >= 11 is 0. The van der Waals surface area contributed by atoms with Crippen LogP contribution in [0, 0.1) is 0 Å². The summed E-state index contributed by atoms with van der Waals surface area (Å²) in [5.74, 6) is -0.0653. The van der Waals surface area contributed by atoms with Gasteiger partial charge in [0, 0.05) is 6.42 Å². The topological polar surface area (TPSA) is 69.6 Å². The van der Waals surface area contributed by atoms with Crippen molar-refractivity contribution in [3.05, 3.63) is 36.5 Å². The Morgan fingerprint density at radius 3 is 0.773 bits per heavy atom. The first-order chi connectivity index (χ1) is 37.2. The molecule has 0 radical (unpaired) electrons. The van der Waals surface area contributed by atoms with Crippen molar-refractivity contribution in [3.63, 3.8) is 0 Å². The molecule has 0 fully saturated rings. The predicted molar refractivity (Wildman–Crippen MR) is 336 cm³/mol. The van der Waals surface area contributed by atoms with Crippen LogP contribution in [0.2, 0.25) is 0 Å². The molecule has 0 aromatic rings. The zero-order chi connectivity index (χ0) is 54.1. The number of nitrogens with one attached hydrogen (secondary N) is 1. The van der Waals surface area contributed by atoms with Gasteiger partial charge < -0.3 is 15.5 Å². The summed E-state index contributed by atoms with van der Waals surface area (Å²) in [5.41, 5.74) is 0. The summed E-state index contributed by atoms with van der Waals surface area (Å²) in [6, 6.07) is -0.639. The van der Waals surface area contributed by atoms with Crippen molar-refractivity contribution in [1.29, 1.82) is 0 Å². The summed E-state index contributed by atoms with van der Waals surface area (Å²) < 4.78 is 0. The van der Waals surface area contributed by atoms with Crippen molar-refractivity contribution in [3.8, 4) is 0 Å². The molecule has 0 aliphatic carbocycles. The summed E-state index contributed by atoms with van der Waals surface area (Å²) in [6.07, 6.45) is 92.4. The summed E-state index contributed by atoms with van der Waals surface area (Å²) in [7, 11) is 0. The van der Waals surface area contributed by atoms with E-state index in [4.69, 9.17) is 0 Å². The Hall–Kier alpha value is -1.39. The molecule has 0 bridgehead atoms. The first-order valence-electron chi connectivity index (χ1n) is 34.7. The van der Waals surface area contributed by atoms with E-state index in [1.54, 1.807) is 6.08 Å². The molecule has 4 nitrogen and oxygen atoms in total. The number of aliphatic hydroxyl groups excluding tert-OH is 2. The third kappa shape index (κ3) is 63.3. The molecule has 0 rings (SSSR count). The van der Waals surface area contributed by atoms with E-state index in [1.807, 2.05) is 6.08 Å². The molecule has 0 aromatic heterocycles. The molecule has 1 amide bonds. The van der Waals surface area contributed by atoms with Crippen molar-refractivity contribution in [1.82, 2.24) is 5.32 Å². The number of allylic oxidation sites excluding steroid dienone is 5. The van der Waals surface area contributed by atoms with Crippen LogP contribution in [0.15, 0.2) is 36.5 Å². The number of rotatable bonds is 65. The van der Waals surface area contributed by atoms with Crippen LogP contribution in [0.4, 0.5) is 0 Å². The third-order valence-corrected chi connectivity index (χ3v) is 16.3. The van der Waals surface area contributed by atoms with Gasteiger partial charge in [0.05, 0.1) is 18.8 Å². The van der Waals surface area contributed by atoms with Gasteiger partial charge in [-0.15, -0.1) is 0 Å². The second-order valence-electron chi connectivity index (χ2n) is 23.9. The molecular formula is C71H137NO3. The molecule has 2 atom stereocenters. The molecule has 0 aliphatic rings. The van der Waals surface area contributed by atoms with E-state index < -0.39 is 12.1 Å². The Kier molecular flexibility index (Phi) is 65.6. The van der Waals surface area contributed by atoms with Crippen molar-refractivity contribution in [2.75, 3.05) is 6.61 Å². The Morgan fingerprint density at radius 1 is 0.307 bits per heavy atom. The van der Waals surface area contributed by atoms with Crippen LogP contribution in [0.1, 0.15) is 393 Å². The molecule has 2 unspecified atom stereocenters. The first-order valence-corrected chi connectivity index (χ1v) is 34.7. The quantitative estimate of drug-likeness (QED) is 0.0420. The van der Waals surface area contributed by atoms with Gasteiger partial charge in [-0.2, -0.15) is 0 Å². The van der Waals surface area contributed by atoms with Gasteiger partial charge in [0.25, 0.3) is 0 Å². The number of hydrogen-bond acceptors (Lipinski definition) is 3. The summed E-state index contributed by atoms with van der Waals surface area (Å²) in [5, 5.41) is 23.3. The number of carbonyl (C=O) groups excluding carboxylic acids is 1. The van der Waals surface area contributed by atoms with Crippen LogP contribution < -0.4 is 5.32 Å². The maximum Gasteiger partial charge on any atom is 0.220 e. The van der Waals surface area contributed by atoms with Crippen LogP contribution in [0.5, 0.6) is 0 Å². The van der Waals surface area contributed by atoms with Crippen molar-refractivity contribution in [2.45, 2.75) is 405 Å². The molecule has 4 heteroatoms. The summed E-state index contributed by atoms with van der Waals surface area (Å²) in [4.78, 5) is 12.5. The standard InChI is InChI=1S/C71H137NO3/c1-3-5-7-9-11-13-15-17-19-21-23-25-27-29-31-32-33-34-35-36-37-38-39-40-41-43-45-47-49-51-53-55-57-59-61-63-65-67-71(75)72-69(68-73)70(74)66-64-62-60-58-56-54-52-50-48-46-44-42-30-28-26-24-22-20-18-16-14-12-10-8-6-4-2/h21,23,56,58,64,66,69-70,73-74H,3-20,22,24-55,57,59-63,65,67-68H2,1-2H3,(H,72,75)/b23-21-,58-56+,66-64+. The lowest BCUT2D eigenvalue weighted by atomic mass is 10.0. The Balaban J connectivity index is 3.42. The molecular weight excluding hydrogens is 915 g/mol. The molecule has 0 heterocycles. The molecule has 0 spiro atoms. The predicted octanol–water partition coefficient (Wildman–Crippen LogP) is 23.5. The minimum Gasteiger partial charge on any atom is -0.394 e. The average molecular weight is 1050 g/mol. The van der Waals surface area contributed by atoms with E-state index >= 15 is 0 Å². The monoisotopic (exact) mass is 1050 g/mol. The number of carbonyl (C=O) groups is 1. The highest BCUT2D eigenvalue weighted by Crippen LogP contribution is 2.19. The van der Waals surface area contributed by atoms with Crippen molar-refractivity contribution >= 4 is 5.91 Å². The summed E-state index contributed by atoms with van der Waals surface area (Å²) in [6.45, 7) is 4.34. The third-order valence-electron chi connectivity index (χ3n) is 16.3. The largest absolute Gasteiger partial charge is 0.394 e. The minimum absolute atomic E-state index is 0.0653. The Bertz CT molecular complexity index is 1150. The van der Waals surface area contributed by atoms with Gasteiger partial charge in [0.15, 0.2) is 0 Å². The van der Waals surface area contributed by atoms with E-state index in [-0.39, 0.29) is 12.5 Å². The van der Waals surface area contributed by atoms with E-state index in [1.165, 1.54) is 340 Å². The number of hydrogen-bond donors (Lipinski definition) is 3. The SMILES string of the molecule is CCCCCCCCCC/C=C\CCCCCCCCCCCCCCCCCCCCCCCCCCCC(=O)NC(CO)C(O)/C=C/CC/C=C/CCCCCCCCCCCCCCCCCCCCCC. The fraction of sp³-hybridized carbons (Fsp3) is 0.901. The van der Waals surface area contributed by atoms with Gasteiger partial charge in [-0.25, -0.2) is 0 Å². The van der Waals surface area contributed by atoms with Gasteiger partial charge in [0.2, 0.25) is 5.91 Å². The smallest absolute Gasteiger partial charge is 0.220 e.